The molecule has 2 rings (SSSR count). The van der Waals surface area contributed by atoms with Gasteiger partial charge in [-0.05, 0) is 62.1 Å². The van der Waals surface area contributed by atoms with Gasteiger partial charge in [-0.2, -0.15) is 0 Å². The van der Waals surface area contributed by atoms with Crippen molar-refractivity contribution in [3.05, 3.63) is 47.5 Å². The van der Waals surface area contributed by atoms with Gasteiger partial charge in [0.1, 0.15) is 0 Å². The van der Waals surface area contributed by atoms with Crippen molar-refractivity contribution < 1.29 is 39.5 Å². The summed E-state index contributed by atoms with van der Waals surface area (Å²) in [6, 6.07) is 7.43. The Morgan fingerprint density at radius 2 is 1.00 bits per heavy atom. The van der Waals surface area contributed by atoms with Crippen molar-refractivity contribution in [1.29, 1.82) is 0 Å². The summed E-state index contributed by atoms with van der Waals surface area (Å²) in [6.45, 7) is 0.431. The van der Waals surface area contributed by atoms with E-state index in [1.807, 2.05) is 0 Å². The van der Waals surface area contributed by atoms with Crippen LogP contribution < -0.4 is 0 Å². The van der Waals surface area contributed by atoms with Crippen LogP contribution in [0.15, 0.2) is 36.4 Å². The van der Waals surface area contributed by atoms with Gasteiger partial charge in [-0.1, -0.05) is 0 Å². The van der Waals surface area contributed by atoms with Gasteiger partial charge in [0, 0.05) is 0 Å². The van der Waals surface area contributed by atoms with Crippen LogP contribution in [0.1, 0.15) is 46.4 Å². The second kappa shape index (κ2) is 10.1. The molecule has 0 aromatic heterocycles. The molecular weight excluding hydrogens is 368 g/mol. The van der Waals surface area contributed by atoms with Crippen molar-refractivity contribution in [2.45, 2.75) is 25.7 Å². The van der Waals surface area contributed by atoms with Crippen molar-refractivity contribution in [3.63, 3.8) is 0 Å². The van der Waals surface area contributed by atoms with Gasteiger partial charge in [-0.25, -0.2) is 9.59 Å². The molecule has 8 nitrogen and oxygen atoms in total. The van der Waals surface area contributed by atoms with Gasteiger partial charge in [0.25, 0.3) is 0 Å². The first-order valence-corrected chi connectivity index (χ1v) is 8.76. The van der Waals surface area contributed by atoms with Crippen LogP contribution in [-0.2, 0) is 9.47 Å². The van der Waals surface area contributed by atoms with E-state index in [0.29, 0.717) is 12.8 Å². The molecule has 0 atom stereocenters. The smallest absolute Gasteiger partial charge is 0.338 e. The Kier molecular flexibility index (Phi) is 7.50. The van der Waals surface area contributed by atoms with Crippen LogP contribution in [0.25, 0.3) is 0 Å². The summed E-state index contributed by atoms with van der Waals surface area (Å²) in [5.41, 5.74) is 0.310. The SMILES string of the molecule is O=C(OCCCCCCOC(=O)c1ccc(O)c(O)c1)c1ccc(O)c(O)c1. The molecule has 0 aliphatic rings. The number of phenols is 4. The fourth-order valence-corrected chi connectivity index (χ4v) is 2.35. The summed E-state index contributed by atoms with van der Waals surface area (Å²) in [7, 11) is 0. The number of phenolic OH excluding ortho intramolecular Hbond substituents is 4. The van der Waals surface area contributed by atoms with Crippen molar-refractivity contribution in [1.82, 2.24) is 0 Å². The van der Waals surface area contributed by atoms with Crippen LogP contribution in [-0.4, -0.2) is 45.6 Å². The molecule has 0 amide bonds. The first kappa shape index (κ1) is 20.9. The summed E-state index contributed by atoms with van der Waals surface area (Å²) in [5.74, 6) is -2.54. The molecule has 0 bridgehead atoms. The lowest BCUT2D eigenvalue weighted by Gasteiger charge is -2.07. The predicted octanol–water partition coefficient (Wildman–Crippen LogP) is 3.08. The van der Waals surface area contributed by atoms with Crippen LogP contribution in [0.3, 0.4) is 0 Å². The van der Waals surface area contributed by atoms with Gasteiger partial charge in [0.2, 0.25) is 0 Å². The average molecular weight is 390 g/mol. The predicted molar refractivity (Wildman–Crippen MR) is 98.6 cm³/mol. The second-order valence-electron chi connectivity index (χ2n) is 6.09. The largest absolute Gasteiger partial charge is 0.504 e. The fourth-order valence-electron chi connectivity index (χ4n) is 2.35. The third kappa shape index (κ3) is 6.08. The lowest BCUT2D eigenvalue weighted by atomic mass is 10.2. The number of benzene rings is 2. The van der Waals surface area contributed by atoms with E-state index in [4.69, 9.17) is 9.47 Å². The standard InChI is InChI=1S/C20H22O8/c21-15-7-5-13(11-17(15)23)19(25)27-9-3-1-2-4-10-28-20(26)14-6-8-16(22)18(24)12-14/h5-8,11-12,21-24H,1-4,9-10H2. The molecule has 0 aliphatic heterocycles. The lowest BCUT2D eigenvalue weighted by Crippen LogP contribution is -2.07. The highest BCUT2D eigenvalue weighted by Crippen LogP contribution is 2.26. The number of rotatable bonds is 9. The van der Waals surface area contributed by atoms with E-state index in [2.05, 4.69) is 0 Å². The summed E-state index contributed by atoms with van der Waals surface area (Å²) in [5, 5.41) is 37.1. The van der Waals surface area contributed by atoms with Crippen molar-refractivity contribution in [3.8, 4) is 23.0 Å². The number of esters is 2. The van der Waals surface area contributed by atoms with Crippen molar-refractivity contribution in [2.24, 2.45) is 0 Å². The van der Waals surface area contributed by atoms with Crippen LogP contribution in [0, 0.1) is 0 Å². The number of ether oxygens (including phenoxy) is 2. The fraction of sp³-hybridized carbons (Fsp3) is 0.300. The summed E-state index contributed by atoms with van der Waals surface area (Å²) >= 11 is 0. The molecule has 2 aromatic rings. The maximum atomic E-state index is 11.8. The van der Waals surface area contributed by atoms with E-state index >= 15 is 0 Å². The Hall–Kier alpha value is -3.42. The van der Waals surface area contributed by atoms with Crippen molar-refractivity contribution in [2.75, 3.05) is 13.2 Å². The zero-order valence-electron chi connectivity index (χ0n) is 15.1. The first-order chi connectivity index (χ1) is 13.4. The van der Waals surface area contributed by atoms with Crippen LogP contribution in [0.2, 0.25) is 0 Å². The second-order valence-corrected chi connectivity index (χ2v) is 6.09. The molecule has 28 heavy (non-hydrogen) atoms. The lowest BCUT2D eigenvalue weighted by molar-refractivity contribution is 0.0473. The number of hydrogen-bond acceptors (Lipinski definition) is 8. The van der Waals surface area contributed by atoms with Gasteiger partial charge >= 0.3 is 11.9 Å². The average Bonchev–Trinajstić information content (AvgIpc) is 2.67. The van der Waals surface area contributed by atoms with Crippen LogP contribution in [0.4, 0.5) is 0 Å². The topological polar surface area (TPSA) is 134 Å². The van der Waals surface area contributed by atoms with Gasteiger partial charge in [0.05, 0.1) is 24.3 Å². The zero-order valence-corrected chi connectivity index (χ0v) is 15.1. The highest BCUT2D eigenvalue weighted by atomic mass is 16.5. The molecule has 150 valence electrons. The molecule has 0 aliphatic carbocycles. The maximum absolute atomic E-state index is 11.8. The summed E-state index contributed by atoms with van der Waals surface area (Å²) in [6.07, 6.45) is 2.81. The van der Waals surface area contributed by atoms with Gasteiger partial charge < -0.3 is 29.9 Å². The number of unbranched alkanes of at least 4 members (excludes halogenated alkanes) is 3. The van der Waals surface area contributed by atoms with Crippen LogP contribution >= 0.6 is 0 Å². The normalized spacial score (nSPS) is 10.4. The molecular formula is C20H22O8. The molecule has 2 aromatic carbocycles. The van der Waals surface area contributed by atoms with Gasteiger partial charge in [-0.15, -0.1) is 0 Å². The molecule has 0 spiro atoms. The minimum Gasteiger partial charge on any atom is -0.504 e. The molecule has 0 radical (unpaired) electrons. The quantitative estimate of drug-likeness (QED) is 0.292. The molecule has 0 saturated heterocycles. The molecule has 0 unspecified atom stereocenters. The Morgan fingerprint density at radius 1 is 0.607 bits per heavy atom. The van der Waals surface area contributed by atoms with Gasteiger partial charge in [-0.3, -0.25) is 0 Å². The summed E-state index contributed by atoms with van der Waals surface area (Å²) < 4.78 is 10.2. The minimum absolute atomic E-state index is 0.155. The highest BCUT2D eigenvalue weighted by molar-refractivity contribution is 5.90. The molecule has 0 fully saturated rings. The third-order valence-corrected chi connectivity index (χ3v) is 3.93. The van der Waals surface area contributed by atoms with Crippen LogP contribution in [0.5, 0.6) is 23.0 Å². The van der Waals surface area contributed by atoms with E-state index in [0.717, 1.165) is 25.0 Å². The molecule has 0 heterocycles. The van der Waals surface area contributed by atoms with E-state index < -0.39 is 11.9 Å². The minimum atomic E-state index is -0.582. The van der Waals surface area contributed by atoms with E-state index in [-0.39, 0.29) is 47.3 Å². The number of aromatic hydroxyl groups is 4. The Morgan fingerprint density at radius 3 is 1.36 bits per heavy atom. The molecule has 4 N–H and O–H groups in total. The Labute approximate surface area is 161 Å². The monoisotopic (exact) mass is 390 g/mol. The Bertz CT molecular complexity index is 761. The maximum Gasteiger partial charge on any atom is 0.338 e. The van der Waals surface area contributed by atoms with E-state index in [1.165, 1.54) is 24.3 Å². The van der Waals surface area contributed by atoms with E-state index in [1.54, 1.807) is 0 Å². The zero-order chi connectivity index (χ0) is 20.5. The van der Waals surface area contributed by atoms with Gasteiger partial charge in [0.15, 0.2) is 23.0 Å². The first-order valence-electron chi connectivity index (χ1n) is 8.76. The molecule has 8 heteroatoms. The number of carbonyl (C=O) groups is 2. The number of hydrogen-bond donors (Lipinski definition) is 4. The van der Waals surface area contributed by atoms with Crippen molar-refractivity contribution >= 4 is 11.9 Å². The highest BCUT2D eigenvalue weighted by Gasteiger charge is 2.11. The summed E-state index contributed by atoms with van der Waals surface area (Å²) in [4.78, 5) is 23.6. The third-order valence-electron chi connectivity index (χ3n) is 3.93. The van der Waals surface area contributed by atoms with E-state index in [9.17, 15) is 30.0 Å². The molecule has 0 saturated carbocycles. The Balaban J connectivity index is 1.56. The number of carbonyl (C=O) groups excluding carboxylic acids is 2.